The molecule has 0 aliphatic carbocycles. The van der Waals surface area contributed by atoms with Gasteiger partial charge in [-0.05, 0) is 12.0 Å². The third-order valence-electron chi connectivity index (χ3n) is 3.69. The average Bonchev–Trinajstić information content (AvgIpc) is 2.95. The number of morpholine rings is 1. The van der Waals surface area contributed by atoms with Gasteiger partial charge in [-0.15, -0.1) is 0 Å². The SMILES string of the molecule is CC.CC[C@@H]1OC[C@H]2C(=O)OC[C@H](c3ccccc3)N12. The van der Waals surface area contributed by atoms with E-state index in [4.69, 9.17) is 9.47 Å². The molecule has 110 valence electrons. The van der Waals surface area contributed by atoms with Gasteiger partial charge in [0.25, 0.3) is 0 Å². The number of hydrogen-bond donors (Lipinski definition) is 0. The molecule has 3 rings (SSSR count). The average molecular weight is 277 g/mol. The predicted octanol–water partition coefficient (Wildman–Crippen LogP) is 2.75. The second-order valence-electron chi connectivity index (χ2n) is 4.72. The maximum atomic E-state index is 11.8. The molecule has 1 aromatic rings. The molecule has 0 saturated carbocycles. The lowest BCUT2D eigenvalue weighted by Crippen LogP contribution is -2.50. The van der Waals surface area contributed by atoms with Crippen LogP contribution in [0.2, 0.25) is 0 Å². The van der Waals surface area contributed by atoms with Gasteiger partial charge in [0, 0.05) is 0 Å². The molecule has 20 heavy (non-hydrogen) atoms. The van der Waals surface area contributed by atoms with E-state index in [1.807, 2.05) is 32.0 Å². The van der Waals surface area contributed by atoms with Crippen LogP contribution in [0.25, 0.3) is 0 Å². The Morgan fingerprint density at radius 3 is 2.50 bits per heavy atom. The standard InChI is InChI=1S/C14H17NO3.C2H6/c1-2-13-15-11(10-6-4-3-5-7-10)8-18-14(16)12(15)9-17-13;1-2/h3-7,11-13H,2,8-9H2,1H3;1-2H3/t11-,12+,13+;/m1./s1. The molecule has 2 saturated heterocycles. The second kappa shape index (κ2) is 6.86. The minimum absolute atomic E-state index is 0.0213. The number of benzene rings is 1. The molecule has 0 unspecified atom stereocenters. The third kappa shape index (κ3) is 2.72. The fourth-order valence-corrected chi connectivity index (χ4v) is 2.80. The van der Waals surface area contributed by atoms with Crippen molar-refractivity contribution in [2.24, 2.45) is 0 Å². The van der Waals surface area contributed by atoms with Crippen LogP contribution in [0.4, 0.5) is 0 Å². The molecule has 2 aliphatic rings. The molecule has 0 aromatic heterocycles. The zero-order chi connectivity index (χ0) is 14.5. The molecule has 0 bridgehead atoms. The lowest BCUT2D eigenvalue weighted by Gasteiger charge is -2.38. The summed E-state index contributed by atoms with van der Waals surface area (Å²) in [5.74, 6) is -0.155. The number of carbonyl (C=O) groups excluding carboxylic acids is 1. The minimum Gasteiger partial charge on any atom is -0.462 e. The monoisotopic (exact) mass is 277 g/mol. The van der Waals surface area contributed by atoms with Gasteiger partial charge < -0.3 is 9.47 Å². The van der Waals surface area contributed by atoms with Crippen LogP contribution in [0.3, 0.4) is 0 Å². The zero-order valence-electron chi connectivity index (χ0n) is 12.4. The van der Waals surface area contributed by atoms with Gasteiger partial charge in [-0.25, -0.2) is 0 Å². The molecular weight excluding hydrogens is 254 g/mol. The Hall–Kier alpha value is -1.39. The quantitative estimate of drug-likeness (QED) is 0.779. The van der Waals surface area contributed by atoms with E-state index in [1.54, 1.807) is 0 Å². The summed E-state index contributed by atoms with van der Waals surface area (Å²) >= 11 is 0. The highest BCUT2D eigenvalue weighted by Crippen LogP contribution is 2.35. The lowest BCUT2D eigenvalue weighted by atomic mass is 10.0. The highest BCUT2D eigenvalue weighted by Gasteiger charge is 2.46. The number of fused-ring (bicyclic) bond motifs is 1. The van der Waals surface area contributed by atoms with Crippen LogP contribution < -0.4 is 0 Å². The summed E-state index contributed by atoms with van der Waals surface area (Å²) in [5.41, 5.74) is 1.18. The van der Waals surface area contributed by atoms with Crippen LogP contribution in [0.5, 0.6) is 0 Å². The number of hydrogen-bond acceptors (Lipinski definition) is 4. The van der Waals surface area contributed by atoms with Gasteiger partial charge in [-0.3, -0.25) is 9.69 Å². The van der Waals surface area contributed by atoms with Crippen LogP contribution in [0.1, 0.15) is 38.8 Å². The number of nitrogens with zero attached hydrogens (tertiary/aromatic N) is 1. The predicted molar refractivity (Wildman–Crippen MR) is 77.1 cm³/mol. The van der Waals surface area contributed by atoms with E-state index in [0.29, 0.717) is 13.2 Å². The van der Waals surface area contributed by atoms with Gasteiger partial charge in [-0.1, -0.05) is 51.1 Å². The molecule has 0 amide bonds. The lowest BCUT2D eigenvalue weighted by molar-refractivity contribution is -0.162. The van der Waals surface area contributed by atoms with Crippen molar-refractivity contribution in [3.05, 3.63) is 35.9 Å². The summed E-state index contributed by atoms with van der Waals surface area (Å²) in [4.78, 5) is 13.9. The topological polar surface area (TPSA) is 38.8 Å². The number of ether oxygens (including phenoxy) is 2. The molecule has 1 aromatic carbocycles. The van der Waals surface area contributed by atoms with Gasteiger partial charge >= 0.3 is 5.97 Å². The van der Waals surface area contributed by atoms with Crippen molar-refractivity contribution in [2.45, 2.75) is 45.5 Å². The van der Waals surface area contributed by atoms with Crippen LogP contribution in [-0.2, 0) is 14.3 Å². The highest BCUT2D eigenvalue weighted by atomic mass is 16.6. The van der Waals surface area contributed by atoms with Crippen molar-refractivity contribution in [3.8, 4) is 0 Å². The number of esters is 1. The Bertz CT molecular complexity index is 435. The highest BCUT2D eigenvalue weighted by molar-refractivity contribution is 5.77. The summed E-state index contributed by atoms with van der Waals surface area (Å²) in [6.45, 7) is 6.94. The maximum absolute atomic E-state index is 11.8. The molecule has 2 heterocycles. The van der Waals surface area contributed by atoms with Crippen molar-refractivity contribution in [1.29, 1.82) is 0 Å². The van der Waals surface area contributed by atoms with E-state index in [9.17, 15) is 4.79 Å². The Morgan fingerprint density at radius 1 is 1.15 bits per heavy atom. The van der Waals surface area contributed by atoms with Crippen molar-refractivity contribution in [1.82, 2.24) is 4.90 Å². The Kier molecular flexibility index (Phi) is 5.15. The van der Waals surface area contributed by atoms with Crippen LogP contribution in [-0.4, -0.2) is 36.4 Å². The minimum atomic E-state index is -0.242. The Morgan fingerprint density at radius 2 is 1.85 bits per heavy atom. The van der Waals surface area contributed by atoms with E-state index in [1.165, 1.54) is 5.56 Å². The summed E-state index contributed by atoms with van der Waals surface area (Å²) in [5, 5.41) is 0. The first-order valence-corrected chi connectivity index (χ1v) is 7.42. The number of rotatable bonds is 2. The largest absolute Gasteiger partial charge is 0.462 e. The van der Waals surface area contributed by atoms with E-state index in [2.05, 4.69) is 24.0 Å². The summed E-state index contributed by atoms with van der Waals surface area (Å²) in [6.07, 6.45) is 0.903. The summed E-state index contributed by atoms with van der Waals surface area (Å²) in [7, 11) is 0. The molecule has 4 nitrogen and oxygen atoms in total. The van der Waals surface area contributed by atoms with E-state index in [-0.39, 0.29) is 24.3 Å². The molecular formula is C16H23NO3. The van der Waals surface area contributed by atoms with Crippen molar-refractivity contribution < 1.29 is 14.3 Å². The number of carbonyl (C=O) groups is 1. The van der Waals surface area contributed by atoms with Gasteiger partial charge in [-0.2, -0.15) is 0 Å². The van der Waals surface area contributed by atoms with Crippen LogP contribution >= 0.6 is 0 Å². The van der Waals surface area contributed by atoms with Gasteiger partial charge in [0.15, 0.2) is 0 Å². The molecule has 0 spiro atoms. The van der Waals surface area contributed by atoms with Crippen molar-refractivity contribution in [2.75, 3.05) is 13.2 Å². The fraction of sp³-hybridized carbons (Fsp3) is 0.562. The summed E-state index contributed by atoms with van der Waals surface area (Å²) in [6, 6.07) is 10.0. The normalized spacial score (nSPS) is 29.1. The first kappa shape index (κ1) is 15.0. The van der Waals surface area contributed by atoms with Gasteiger partial charge in [0.1, 0.15) is 18.9 Å². The number of cyclic esters (lactones) is 1. The Labute approximate surface area is 120 Å². The molecule has 3 atom stereocenters. The molecule has 4 heteroatoms. The van der Waals surface area contributed by atoms with Gasteiger partial charge in [0.2, 0.25) is 0 Å². The molecule has 0 N–H and O–H groups in total. The third-order valence-corrected chi connectivity index (χ3v) is 3.69. The van der Waals surface area contributed by atoms with Gasteiger partial charge in [0.05, 0.1) is 12.6 Å². The van der Waals surface area contributed by atoms with E-state index in [0.717, 1.165) is 6.42 Å². The fourth-order valence-electron chi connectivity index (χ4n) is 2.80. The van der Waals surface area contributed by atoms with Crippen LogP contribution in [0, 0.1) is 0 Å². The smallest absolute Gasteiger partial charge is 0.325 e. The van der Waals surface area contributed by atoms with Crippen LogP contribution in [0.15, 0.2) is 30.3 Å². The molecule has 2 aliphatic heterocycles. The molecule has 2 fully saturated rings. The maximum Gasteiger partial charge on any atom is 0.325 e. The van der Waals surface area contributed by atoms with Crippen molar-refractivity contribution >= 4 is 5.97 Å². The second-order valence-corrected chi connectivity index (χ2v) is 4.72. The van der Waals surface area contributed by atoms with E-state index < -0.39 is 0 Å². The summed E-state index contributed by atoms with van der Waals surface area (Å²) < 4.78 is 11.0. The zero-order valence-corrected chi connectivity index (χ0v) is 12.4. The van der Waals surface area contributed by atoms with Crippen molar-refractivity contribution in [3.63, 3.8) is 0 Å². The Balaban J connectivity index is 0.000000704. The van der Waals surface area contributed by atoms with E-state index >= 15 is 0 Å². The first-order valence-electron chi connectivity index (χ1n) is 7.42. The molecule has 0 radical (unpaired) electrons. The first-order chi connectivity index (χ1) is 9.81.